The Bertz CT molecular complexity index is 415. The van der Waals surface area contributed by atoms with Crippen molar-refractivity contribution in [2.45, 2.75) is 0 Å². The van der Waals surface area contributed by atoms with E-state index in [1.807, 2.05) is 0 Å². The monoisotopic (exact) mass is 296 g/mol. The van der Waals surface area contributed by atoms with E-state index in [4.69, 9.17) is 49.0 Å². The average molecular weight is 298 g/mol. The van der Waals surface area contributed by atoms with E-state index in [1.165, 1.54) is 21.3 Å². The Balaban J connectivity index is 3.43. The van der Waals surface area contributed by atoms with Crippen LogP contribution < -0.4 is 14.2 Å². The second-order valence-electron chi connectivity index (χ2n) is 2.99. The predicted octanol–water partition coefficient (Wildman–Crippen LogP) is 4.05. The maximum atomic E-state index is 5.96. The fourth-order valence-corrected chi connectivity index (χ4v) is 1.64. The van der Waals surface area contributed by atoms with Crippen LogP contribution in [0.15, 0.2) is 16.6 Å². The summed E-state index contributed by atoms with van der Waals surface area (Å²) in [5, 5.41) is 0.215. The fourth-order valence-electron chi connectivity index (χ4n) is 1.32. The van der Waals surface area contributed by atoms with E-state index in [0.717, 1.165) is 0 Å². The van der Waals surface area contributed by atoms with Crippen LogP contribution in [0.25, 0.3) is 5.03 Å². The van der Waals surface area contributed by atoms with Crippen molar-refractivity contribution in [2.75, 3.05) is 21.3 Å². The van der Waals surface area contributed by atoms with Crippen molar-refractivity contribution in [1.29, 1.82) is 0 Å². The summed E-state index contributed by atoms with van der Waals surface area (Å²) in [7, 11) is 4.55. The van der Waals surface area contributed by atoms with Gasteiger partial charge in [0.05, 0.1) is 26.4 Å². The van der Waals surface area contributed by atoms with Crippen LogP contribution >= 0.6 is 34.8 Å². The molecular weight excluding hydrogens is 286 g/mol. The summed E-state index contributed by atoms with van der Waals surface area (Å²) in [5.41, 5.74) is 0.584. The van der Waals surface area contributed by atoms with Gasteiger partial charge in [-0.1, -0.05) is 34.8 Å². The van der Waals surface area contributed by atoms with Crippen LogP contribution in [-0.4, -0.2) is 21.3 Å². The Labute approximate surface area is 115 Å². The van der Waals surface area contributed by atoms with Gasteiger partial charge in [-0.2, -0.15) is 0 Å². The van der Waals surface area contributed by atoms with Crippen molar-refractivity contribution in [3.63, 3.8) is 0 Å². The van der Waals surface area contributed by atoms with Crippen LogP contribution in [0, 0.1) is 0 Å². The fraction of sp³-hybridized carbons (Fsp3) is 0.273. The highest BCUT2D eigenvalue weighted by Crippen LogP contribution is 2.41. The van der Waals surface area contributed by atoms with Gasteiger partial charge >= 0.3 is 0 Å². The maximum Gasteiger partial charge on any atom is 0.203 e. The first-order chi connectivity index (χ1) is 8.04. The lowest BCUT2D eigenvalue weighted by Crippen LogP contribution is -1.96. The molecule has 0 heterocycles. The zero-order chi connectivity index (χ0) is 13.0. The average Bonchev–Trinajstić information content (AvgIpc) is 2.35. The van der Waals surface area contributed by atoms with Crippen LogP contribution in [0.4, 0.5) is 0 Å². The normalized spacial score (nSPS) is 9.76. The molecule has 0 aliphatic carbocycles. The molecule has 0 saturated carbocycles. The molecule has 0 fully saturated rings. The van der Waals surface area contributed by atoms with Crippen LogP contribution in [0.1, 0.15) is 5.56 Å². The summed E-state index contributed by atoms with van der Waals surface area (Å²) >= 11 is 17.2. The van der Waals surface area contributed by atoms with E-state index in [9.17, 15) is 0 Å². The molecule has 0 spiro atoms. The van der Waals surface area contributed by atoms with Crippen LogP contribution in [0.3, 0.4) is 0 Å². The van der Waals surface area contributed by atoms with Gasteiger partial charge in [-0.05, 0) is 12.1 Å². The van der Waals surface area contributed by atoms with Crippen LogP contribution in [0.5, 0.6) is 17.2 Å². The molecule has 17 heavy (non-hydrogen) atoms. The first-order valence-corrected chi connectivity index (χ1v) is 5.69. The highest BCUT2D eigenvalue weighted by atomic mass is 35.5. The van der Waals surface area contributed by atoms with E-state index in [-0.39, 0.29) is 9.52 Å². The van der Waals surface area contributed by atoms with Crippen molar-refractivity contribution in [1.82, 2.24) is 0 Å². The Morgan fingerprint density at radius 3 is 1.65 bits per heavy atom. The summed E-state index contributed by atoms with van der Waals surface area (Å²) in [6, 6.07) is 3.32. The molecule has 0 aliphatic rings. The number of hydrogen-bond donors (Lipinski definition) is 0. The molecule has 0 aromatic heterocycles. The van der Waals surface area contributed by atoms with E-state index in [2.05, 4.69) is 0 Å². The van der Waals surface area contributed by atoms with Gasteiger partial charge in [0.25, 0.3) is 0 Å². The van der Waals surface area contributed by atoms with Gasteiger partial charge in [0.2, 0.25) is 5.75 Å². The van der Waals surface area contributed by atoms with Gasteiger partial charge in [0, 0.05) is 5.56 Å². The summed E-state index contributed by atoms with van der Waals surface area (Å²) in [5.74, 6) is 1.44. The Hall–Kier alpha value is -0.770. The first-order valence-electron chi connectivity index (χ1n) is 4.56. The van der Waals surface area contributed by atoms with E-state index < -0.39 is 0 Å². The number of halogens is 3. The number of methoxy groups -OCH3 is 3. The van der Waals surface area contributed by atoms with Crippen molar-refractivity contribution in [3.05, 3.63) is 22.2 Å². The van der Waals surface area contributed by atoms with Gasteiger partial charge in [0.1, 0.15) is 4.49 Å². The predicted molar refractivity (Wildman–Crippen MR) is 70.6 cm³/mol. The smallest absolute Gasteiger partial charge is 0.203 e. The molecule has 1 aromatic rings. The lowest BCUT2D eigenvalue weighted by molar-refractivity contribution is 0.324. The van der Waals surface area contributed by atoms with Crippen molar-refractivity contribution < 1.29 is 14.2 Å². The Morgan fingerprint density at radius 2 is 1.35 bits per heavy atom. The molecule has 0 aliphatic heterocycles. The quantitative estimate of drug-likeness (QED) is 0.839. The molecule has 3 nitrogen and oxygen atoms in total. The molecule has 0 N–H and O–H groups in total. The summed E-state index contributed by atoms with van der Waals surface area (Å²) < 4.78 is 15.5. The molecular formula is C11H11Cl3O3. The van der Waals surface area contributed by atoms with Crippen molar-refractivity contribution >= 4 is 39.8 Å². The molecule has 1 rings (SSSR count). The van der Waals surface area contributed by atoms with Gasteiger partial charge in [-0.25, -0.2) is 0 Å². The minimum absolute atomic E-state index is 0.0269. The second-order valence-corrected chi connectivity index (χ2v) is 4.32. The highest BCUT2D eigenvalue weighted by Gasteiger charge is 2.15. The molecule has 94 valence electrons. The minimum atomic E-state index is -0.0269. The maximum absolute atomic E-state index is 5.96. The zero-order valence-electron chi connectivity index (χ0n) is 9.51. The summed E-state index contributed by atoms with van der Waals surface area (Å²) in [6.07, 6.45) is 0. The number of ether oxygens (including phenoxy) is 3. The molecule has 0 bridgehead atoms. The zero-order valence-corrected chi connectivity index (χ0v) is 11.8. The first kappa shape index (κ1) is 14.3. The van der Waals surface area contributed by atoms with Gasteiger partial charge in [-0.3, -0.25) is 0 Å². The number of benzene rings is 1. The van der Waals surface area contributed by atoms with Gasteiger partial charge in [-0.15, -0.1) is 0 Å². The van der Waals surface area contributed by atoms with E-state index >= 15 is 0 Å². The van der Waals surface area contributed by atoms with E-state index in [0.29, 0.717) is 22.8 Å². The SMILES string of the molecule is COc1cc(C(Cl)=C(Cl)Cl)cc(OC)c1OC. The molecule has 0 saturated heterocycles. The topological polar surface area (TPSA) is 27.7 Å². The molecule has 0 amide bonds. The largest absolute Gasteiger partial charge is 0.493 e. The van der Waals surface area contributed by atoms with Crippen LogP contribution in [0.2, 0.25) is 0 Å². The molecule has 0 atom stereocenters. The third kappa shape index (κ3) is 3.12. The molecule has 1 aromatic carbocycles. The third-order valence-corrected chi connectivity index (χ3v) is 3.06. The van der Waals surface area contributed by atoms with Gasteiger partial charge in [0.15, 0.2) is 11.5 Å². The Morgan fingerprint density at radius 1 is 0.882 bits per heavy atom. The summed E-state index contributed by atoms with van der Waals surface area (Å²) in [6.45, 7) is 0. The standard InChI is InChI=1S/C11H11Cl3O3/c1-15-7-4-6(9(12)11(13)14)5-8(16-2)10(7)17-3/h4-5H,1-3H3. The molecule has 0 radical (unpaired) electrons. The lowest BCUT2D eigenvalue weighted by Gasteiger charge is -2.13. The highest BCUT2D eigenvalue weighted by molar-refractivity contribution is 6.66. The Kier molecular flexibility index (Phi) is 5.25. The molecule has 6 heteroatoms. The number of rotatable bonds is 4. The minimum Gasteiger partial charge on any atom is -0.493 e. The number of hydrogen-bond acceptors (Lipinski definition) is 3. The third-order valence-electron chi connectivity index (χ3n) is 2.08. The van der Waals surface area contributed by atoms with Crippen molar-refractivity contribution in [2.24, 2.45) is 0 Å². The van der Waals surface area contributed by atoms with E-state index in [1.54, 1.807) is 12.1 Å². The second kappa shape index (κ2) is 6.24. The lowest BCUT2D eigenvalue weighted by atomic mass is 10.2. The van der Waals surface area contributed by atoms with Crippen molar-refractivity contribution in [3.8, 4) is 17.2 Å². The molecule has 0 unspecified atom stereocenters. The summed E-state index contributed by atoms with van der Waals surface area (Å²) in [4.78, 5) is 0. The van der Waals surface area contributed by atoms with Crippen LogP contribution in [-0.2, 0) is 0 Å². The van der Waals surface area contributed by atoms with Gasteiger partial charge < -0.3 is 14.2 Å².